The topological polar surface area (TPSA) is 32.3 Å². The molecule has 0 saturated heterocycles. The highest BCUT2D eigenvalue weighted by atomic mass is 79.9. The first-order chi connectivity index (χ1) is 11.1. The summed E-state index contributed by atoms with van der Waals surface area (Å²) in [6, 6.07) is 6.31. The first kappa shape index (κ1) is 18.1. The van der Waals surface area contributed by atoms with Gasteiger partial charge in [-0.15, -0.1) is 0 Å². The van der Waals surface area contributed by atoms with E-state index in [-0.39, 0.29) is 17.8 Å². The van der Waals surface area contributed by atoms with Gasteiger partial charge in [0.15, 0.2) is 0 Å². The lowest BCUT2D eigenvalue weighted by atomic mass is 10.1. The number of nitrogens with one attached hydrogen (secondary N) is 1. The third-order valence-corrected chi connectivity index (χ3v) is 5.17. The SMILES string of the molecule is CCN(CC)[C@@H](CNC(=O)c1ccc(F)cc1Br)c1ccsc1. The second-order valence-corrected chi connectivity index (χ2v) is 6.76. The molecule has 2 aromatic rings. The maximum atomic E-state index is 13.1. The number of rotatable bonds is 7. The van der Waals surface area contributed by atoms with Crippen molar-refractivity contribution in [3.05, 3.63) is 56.4 Å². The fourth-order valence-electron chi connectivity index (χ4n) is 2.54. The van der Waals surface area contributed by atoms with E-state index in [9.17, 15) is 9.18 Å². The van der Waals surface area contributed by atoms with Crippen LogP contribution in [0.5, 0.6) is 0 Å². The Morgan fingerprint density at radius 2 is 2.09 bits per heavy atom. The van der Waals surface area contributed by atoms with Crippen molar-refractivity contribution in [3.8, 4) is 0 Å². The number of amides is 1. The smallest absolute Gasteiger partial charge is 0.252 e. The third kappa shape index (κ3) is 4.62. The Balaban J connectivity index is 2.10. The number of carbonyl (C=O) groups is 1. The molecule has 0 fully saturated rings. The molecule has 1 heterocycles. The fourth-order valence-corrected chi connectivity index (χ4v) is 3.78. The molecule has 124 valence electrons. The third-order valence-electron chi connectivity index (χ3n) is 3.81. The van der Waals surface area contributed by atoms with E-state index in [4.69, 9.17) is 0 Å². The molecule has 0 aliphatic carbocycles. The predicted octanol–water partition coefficient (Wildman–Crippen LogP) is 4.46. The number of carbonyl (C=O) groups excluding carboxylic acids is 1. The van der Waals surface area contributed by atoms with Gasteiger partial charge in [0.05, 0.1) is 11.6 Å². The maximum absolute atomic E-state index is 13.1. The van der Waals surface area contributed by atoms with Gasteiger partial charge in [-0.1, -0.05) is 13.8 Å². The molecule has 3 nitrogen and oxygen atoms in total. The van der Waals surface area contributed by atoms with Gasteiger partial charge >= 0.3 is 0 Å². The molecule has 0 spiro atoms. The van der Waals surface area contributed by atoms with E-state index in [2.05, 4.69) is 51.4 Å². The molecule has 0 radical (unpaired) electrons. The Morgan fingerprint density at radius 3 is 2.65 bits per heavy atom. The van der Waals surface area contributed by atoms with E-state index in [1.807, 2.05) is 5.38 Å². The summed E-state index contributed by atoms with van der Waals surface area (Å²) in [5, 5.41) is 7.13. The van der Waals surface area contributed by atoms with E-state index < -0.39 is 0 Å². The number of hydrogen-bond acceptors (Lipinski definition) is 3. The number of benzene rings is 1. The average molecular weight is 399 g/mol. The van der Waals surface area contributed by atoms with Crippen LogP contribution in [-0.4, -0.2) is 30.4 Å². The van der Waals surface area contributed by atoms with Crippen molar-refractivity contribution < 1.29 is 9.18 Å². The van der Waals surface area contributed by atoms with Gasteiger partial charge in [0, 0.05) is 11.0 Å². The summed E-state index contributed by atoms with van der Waals surface area (Å²) in [6.45, 7) is 6.56. The number of halogens is 2. The largest absolute Gasteiger partial charge is 0.350 e. The molecule has 0 bridgehead atoms. The molecule has 1 aromatic heterocycles. The van der Waals surface area contributed by atoms with Gasteiger partial charge in [0.2, 0.25) is 0 Å². The molecule has 1 atom stereocenters. The van der Waals surface area contributed by atoms with Crippen molar-refractivity contribution in [2.75, 3.05) is 19.6 Å². The minimum absolute atomic E-state index is 0.138. The molecule has 2 rings (SSSR count). The van der Waals surface area contributed by atoms with Crippen molar-refractivity contribution in [1.82, 2.24) is 10.2 Å². The van der Waals surface area contributed by atoms with Crippen LogP contribution in [0.1, 0.15) is 35.8 Å². The van der Waals surface area contributed by atoms with E-state index in [1.54, 1.807) is 11.3 Å². The lowest BCUT2D eigenvalue weighted by molar-refractivity contribution is 0.0934. The Hall–Kier alpha value is -1.24. The van der Waals surface area contributed by atoms with E-state index in [0.717, 1.165) is 13.1 Å². The van der Waals surface area contributed by atoms with Gasteiger partial charge in [-0.2, -0.15) is 11.3 Å². The van der Waals surface area contributed by atoms with Crippen LogP contribution >= 0.6 is 27.3 Å². The van der Waals surface area contributed by atoms with Crippen molar-refractivity contribution in [2.45, 2.75) is 19.9 Å². The highest BCUT2D eigenvalue weighted by Gasteiger charge is 2.20. The van der Waals surface area contributed by atoms with Crippen LogP contribution in [0.4, 0.5) is 4.39 Å². The lowest BCUT2D eigenvalue weighted by Crippen LogP contribution is -2.38. The molecule has 6 heteroatoms. The molecule has 0 aliphatic rings. The van der Waals surface area contributed by atoms with E-state index in [0.29, 0.717) is 16.6 Å². The zero-order chi connectivity index (χ0) is 16.8. The summed E-state index contributed by atoms with van der Waals surface area (Å²) >= 11 is 4.89. The molecular formula is C17H20BrFN2OS. The number of nitrogens with zero attached hydrogens (tertiary/aromatic N) is 1. The summed E-state index contributed by atoms with van der Waals surface area (Å²) in [6.07, 6.45) is 0. The molecule has 0 saturated carbocycles. The maximum Gasteiger partial charge on any atom is 0.252 e. The van der Waals surface area contributed by atoms with Crippen LogP contribution in [0.15, 0.2) is 39.5 Å². The van der Waals surface area contributed by atoms with Crippen molar-refractivity contribution >= 4 is 33.2 Å². The second-order valence-electron chi connectivity index (χ2n) is 5.13. The number of likely N-dealkylation sites (N-methyl/N-ethyl adjacent to an activating group) is 1. The van der Waals surface area contributed by atoms with Crippen LogP contribution in [-0.2, 0) is 0 Å². The van der Waals surface area contributed by atoms with Crippen LogP contribution in [0.25, 0.3) is 0 Å². The van der Waals surface area contributed by atoms with Gasteiger partial charge in [0.25, 0.3) is 5.91 Å². The Bertz CT molecular complexity index is 644. The molecule has 23 heavy (non-hydrogen) atoms. The standard InChI is InChI=1S/C17H20BrFN2OS/c1-3-21(4-2)16(12-7-8-23-11-12)10-20-17(22)14-6-5-13(19)9-15(14)18/h5-9,11,16H,3-4,10H2,1-2H3,(H,20,22)/t16-/m0/s1. The minimum Gasteiger partial charge on any atom is -0.350 e. The van der Waals surface area contributed by atoms with Crippen LogP contribution in [0, 0.1) is 5.82 Å². The predicted molar refractivity (Wildman–Crippen MR) is 96.4 cm³/mol. The highest BCUT2D eigenvalue weighted by molar-refractivity contribution is 9.10. The molecular weight excluding hydrogens is 379 g/mol. The van der Waals surface area contributed by atoms with Gasteiger partial charge < -0.3 is 5.32 Å². The van der Waals surface area contributed by atoms with Crippen LogP contribution < -0.4 is 5.32 Å². The summed E-state index contributed by atoms with van der Waals surface area (Å²) in [7, 11) is 0. The summed E-state index contributed by atoms with van der Waals surface area (Å²) in [4.78, 5) is 14.7. The van der Waals surface area contributed by atoms with Gasteiger partial charge in [0.1, 0.15) is 5.82 Å². The first-order valence-electron chi connectivity index (χ1n) is 7.56. The normalized spacial score (nSPS) is 12.4. The number of thiophene rings is 1. The Morgan fingerprint density at radius 1 is 1.35 bits per heavy atom. The summed E-state index contributed by atoms with van der Waals surface area (Å²) < 4.78 is 13.6. The second kappa shape index (κ2) is 8.57. The van der Waals surface area contributed by atoms with Gasteiger partial charge in [-0.3, -0.25) is 9.69 Å². The Kier molecular flexibility index (Phi) is 6.74. The lowest BCUT2D eigenvalue weighted by Gasteiger charge is -2.29. The zero-order valence-electron chi connectivity index (χ0n) is 13.2. The van der Waals surface area contributed by atoms with Gasteiger partial charge in [-0.05, 0) is 69.6 Å². The first-order valence-corrected chi connectivity index (χ1v) is 9.29. The Labute approximate surface area is 148 Å². The van der Waals surface area contributed by atoms with Crippen molar-refractivity contribution in [1.29, 1.82) is 0 Å². The monoisotopic (exact) mass is 398 g/mol. The van der Waals surface area contributed by atoms with Crippen molar-refractivity contribution in [2.24, 2.45) is 0 Å². The summed E-state index contributed by atoms with van der Waals surface area (Å²) in [5.41, 5.74) is 1.65. The molecule has 0 unspecified atom stereocenters. The molecule has 0 aliphatic heterocycles. The molecule has 1 aromatic carbocycles. The van der Waals surface area contributed by atoms with Gasteiger partial charge in [-0.25, -0.2) is 4.39 Å². The molecule has 1 amide bonds. The molecule has 1 N–H and O–H groups in total. The summed E-state index contributed by atoms with van der Waals surface area (Å²) in [5.74, 6) is -0.572. The van der Waals surface area contributed by atoms with Crippen LogP contribution in [0.2, 0.25) is 0 Å². The quantitative estimate of drug-likeness (QED) is 0.746. The van der Waals surface area contributed by atoms with Crippen molar-refractivity contribution in [3.63, 3.8) is 0 Å². The zero-order valence-corrected chi connectivity index (χ0v) is 15.6. The van der Waals surface area contributed by atoms with E-state index >= 15 is 0 Å². The minimum atomic E-state index is -0.368. The van der Waals surface area contributed by atoms with Crippen LogP contribution in [0.3, 0.4) is 0 Å². The number of hydrogen-bond donors (Lipinski definition) is 1. The average Bonchev–Trinajstić information content (AvgIpc) is 3.05. The highest BCUT2D eigenvalue weighted by Crippen LogP contribution is 2.23. The van der Waals surface area contributed by atoms with E-state index in [1.165, 1.54) is 23.8 Å². The fraction of sp³-hybridized carbons (Fsp3) is 0.353.